The predicted molar refractivity (Wildman–Crippen MR) is 69.9 cm³/mol. The number of nitriles is 1. The maximum atomic E-state index is 8.97. The molecule has 0 aliphatic carbocycles. The van der Waals surface area contributed by atoms with Gasteiger partial charge in [-0.15, -0.1) is 0 Å². The summed E-state index contributed by atoms with van der Waals surface area (Å²) in [7, 11) is 0. The fraction of sp³-hybridized carbons (Fsp3) is 0.417. The molecule has 1 atom stereocenters. The van der Waals surface area contributed by atoms with Crippen molar-refractivity contribution in [3.05, 3.63) is 27.7 Å². The maximum Gasteiger partial charge on any atom is 0.125 e. The standard InChI is InChI=1S/C12H11Br2NO/c13-6-8(7-15)3-10-5-11(14)4-9-1-2-16-12(9)10/h4-5,8H,1-3,6H2. The molecule has 1 aromatic carbocycles. The molecule has 0 spiro atoms. The summed E-state index contributed by atoms with van der Waals surface area (Å²) < 4.78 is 6.70. The van der Waals surface area contributed by atoms with Crippen molar-refractivity contribution >= 4 is 31.9 Å². The largest absolute Gasteiger partial charge is 0.493 e. The van der Waals surface area contributed by atoms with Crippen LogP contribution in [0.15, 0.2) is 16.6 Å². The van der Waals surface area contributed by atoms with Crippen LogP contribution in [0.3, 0.4) is 0 Å². The lowest BCUT2D eigenvalue weighted by Gasteiger charge is -2.11. The van der Waals surface area contributed by atoms with Crippen molar-refractivity contribution in [1.29, 1.82) is 5.26 Å². The van der Waals surface area contributed by atoms with Gasteiger partial charge in [-0.05, 0) is 29.7 Å². The molecule has 1 aromatic rings. The number of hydrogen-bond donors (Lipinski definition) is 0. The van der Waals surface area contributed by atoms with Gasteiger partial charge in [0.2, 0.25) is 0 Å². The van der Waals surface area contributed by atoms with E-state index in [0.717, 1.165) is 35.2 Å². The molecule has 4 heteroatoms. The molecular formula is C12H11Br2NO. The van der Waals surface area contributed by atoms with E-state index in [1.807, 2.05) is 0 Å². The zero-order chi connectivity index (χ0) is 11.5. The first-order chi connectivity index (χ1) is 7.74. The van der Waals surface area contributed by atoms with Crippen molar-refractivity contribution < 1.29 is 4.74 Å². The number of benzene rings is 1. The Bertz CT molecular complexity index is 439. The van der Waals surface area contributed by atoms with Gasteiger partial charge in [0, 0.05) is 16.2 Å². The van der Waals surface area contributed by atoms with Crippen LogP contribution in [0.5, 0.6) is 5.75 Å². The van der Waals surface area contributed by atoms with Crippen LogP contribution < -0.4 is 4.74 Å². The van der Waals surface area contributed by atoms with Gasteiger partial charge in [0.25, 0.3) is 0 Å². The van der Waals surface area contributed by atoms with Gasteiger partial charge in [-0.25, -0.2) is 0 Å². The Morgan fingerprint density at radius 3 is 3.00 bits per heavy atom. The Kier molecular flexibility index (Phi) is 3.88. The molecule has 0 N–H and O–H groups in total. The molecule has 0 saturated carbocycles. The average molecular weight is 345 g/mol. The van der Waals surface area contributed by atoms with Gasteiger partial charge < -0.3 is 4.74 Å². The van der Waals surface area contributed by atoms with Gasteiger partial charge in [0.05, 0.1) is 18.6 Å². The van der Waals surface area contributed by atoms with E-state index >= 15 is 0 Å². The van der Waals surface area contributed by atoms with Gasteiger partial charge in [0.1, 0.15) is 5.75 Å². The molecule has 2 nitrogen and oxygen atoms in total. The van der Waals surface area contributed by atoms with Gasteiger partial charge in [-0.1, -0.05) is 31.9 Å². The lowest BCUT2D eigenvalue weighted by Crippen LogP contribution is -2.04. The van der Waals surface area contributed by atoms with Gasteiger partial charge in [-0.2, -0.15) is 5.26 Å². The highest BCUT2D eigenvalue weighted by molar-refractivity contribution is 9.10. The van der Waals surface area contributed by atoms with Crippen molar-refractivity contribution in [3.63, 3.8) is 0 Å². The molecule has 0 radical (unpaired) electrons. The first kappa shape index (κ1) is 11.9. The third-order valence-corrected chi connectivity index (χ3v) is 3.90. The summed E-state index contributed by atoms with van der Waals surface area (Å²) in [5.74, 6) is 0.993. The average Bonchev–Trinajstić information content (AvgIpc) is 2.73. The Labute approximate surface area is 112 Å². The second kappa shape index (κ2) is 5.20. The van der Waals surface area contributed by atoms with E-state index in [-0.39, 0.29) is 5.92 Å². The van der Waals surface area contributed by atoms with E-state index in [0.29, 0.717) is 5.33 Å². The molecule has 16 heavy (non-hydrogen) atoms. The molecule has 84 valence electrons. The van der Waals surface area contributed by atoms with Crippen LogP contribution in [0.4, 0.5) is 0 Å². The van der Waals surface area contributed by atoms with Gasteiger partial charge in [0.15, 0.2) is 0 Å². The molecule has 0 saturated heterocycles. The lowest BCUT2D eigenvalue weighted by molar-refractivity contribution is 0.352. The summed E-state index contributed by atoms with van der Waals surface area (Å²) in [5, 5.41) is 9.67. The predicted octanol–water partition coefficient (Wildman–Crippen LogP) is 3.46. The molecule has 2 rings (SSSR count). The minimum absolute atomic E-state index is 0.00241. The summed E-state index contributed by atoms with van der Waals surface area (Å²) >= 11 is 6.86. The van der Waals surface area contributed by atoms with Gasteiger partial charge >= 0.3 is 0 Å². The third-order valence-electron chi connectivity index (χ3n) is 2.66. The van der Waals surface area contributed by atoms with Crippen molar-refractivity contribution in [2.24, 2.45) is 5.92 Å². The first-order valence-corrected chi connectivity index (χ1v) is 7.05. The Balaban J connectivity index is 2.31. The number of ether oxygens (including phenoxy) is 1. The normalized spacial score (nSPS) is 15.1. The number of fused-ring (bicyclic) bond motifs is 1. The highest BCUT2D eigenvalue weighted by atomic mass is 79.9. The van der Waals surface area contributed by atoms with Crippen LogP contribution in [0.1, 0.15) is 11.1 Å². The SMILES string of the molecule is N#CC(CBr)Cc1cc(Br)cc2c1OCC2. The van der Waals surface area contributed by atoms with Crippen LogP contribution >= 0.6 is 31.9 Å². The minimum Gasteiger partial charge on any atom is -0.493 e. The van der Waals surface area contributed by atoms with E-state index in [1.165, 1.54) is 5.56 Å². The molecule has 0 bridgehead atoms. The van der Waals surface area contributed by atoms with Crippen LogP contribution in [0.25, 0.3) is 0 Å². The van der Waals surface area contributed by atoms with E-state index in [1.54, 1.807) is 0 Å². The summed E-state index contributed by atoms with van der Waals surface area (Å²) in [4.78, 5) is 0. The van der Waals surface area contributed by atoms with E-state index in [4.69, 9.17) is 10.00 Å². The molecule has 1 aliphatic heterocycles. The number of nitrogens with zero attached hydrogens (tertiary/aromatic N) is 1. The fourth-order valence-electron chi connectivity index (χ4n) is 1.90. The molecule has 0 fully saturated rings. The lowest BCUT2D eigenvalue weighted by atomic mass is 9.99. The van der Waals surface area contributed by atoms with E-state index < -0.39 is 0 Å². The number of halogens is 2. The Morgan fingerprint density at radius 2 is 2.31 bits per heavy atom. The van der Waals surface area contributed by atoms with Crippen molar-refractivity contribution in [2.75, 3.05) is 11.9 Å². The van der Waals surface area contributed by atoms with E-state index in [9.17, 15) is 0 Å². The Morgan fingerprint density at radius 1 is 1.50 bits per heavy atom. The minimum atomic E-state index is 0.00241. The van der Waals surface area contributed by atoms with Gasteiger partial charge in [-0.3, -0.25) is 0 Å². The zero-order valence-corrected chi connectivity index (χ0v) is 11.8. The monoisotopic (exact) mass is 343 g/mol. The third kappa shape index (κ3) is 2.41. The highest BCUT2D eigenvalue weighted by Crippen LogP contribution is 2.34. The van der Waals surface area contributed by atoms with Crippen molar-refractivity contribution in [3.8, 4) is 11.8 Å². The number of rotatable bonds is 3. The summed E-state index contributed by atoms with van der Waals surface area (Å²) in [5.41, 5.74) is 2.38. The topological polar surface area (TPSA) is 33.0 Å². The molecule has 0 aromatic heterocycles. The summed E-state index contributed by atoms with van der Waals surface area (Å²) in [6, 6.07) is 6.44. The summed E-state index contributed by atoms with van der Waals surface area (Å²) in [6.07, 6.45) is 1.71. The quantitative estimate of drug-likeness (QED) is 0.786. The molecule has 1 unspecified atom stereocenters. The Hall–Kier alpha value is -0.530. The fourth-order valence-corrected chi connectivity index (χ4v) is 2.82. The zero-order valence-electron chi connectivity index (χ0n) is 8.67. The second-order valence-corrected chi connectivity index (χ2v) is 5.40. The van der Waals surface area contributed by atoms with Crippen molar-refractivity contribution in [2.45, 2.75) is 12.8 Å². The summed E-state index contributed by atoms with van der Waals surface area (Å²) in [6.45, 7) is 0.754. The van der Waals surface area contributed by atoms with Crippen LogP contribution in [-0.2, 0) is 12.8 Å². The molecular weight excluding hydrogens is 334 g/mol. The smallest absolute Gasteiger partial charge is 0.125 e. The van der Waals surface area contributed by atoms with E-state index in [2.05, 4.69) is 50.1 Å². The highest BCUT2D eigenvalue weighted by Gasteiger charge is 2.19. The number of hydrogen-bond acceptors (Lipinski definition) is 2. The molecule has 0 amide bonds. The van der Waals surface area contributed by atoms with Crippen LogP contribution in [0, 0.1) is 17.2 Å². The van der Waals surface area contributed by atoms with Crippen molar-refractivity contribution in [1.82, 2.24) is 0 Å². The number of alkyl halides is 1. The van der Waals surface area contributed by atoms with Crippen LogP contribution in [0.2, 0.25) is 0 Å². The first-order valence-electron chi connectivity index (χ1n) is 5.14. The maximum absolute atomic E-state index is 8.97. The second-order valence-electron chi connectivity index (χ2n) is 3.84. The molecule has 1 aliphatic rings. The molecule has 1 heterocycles. The van der Waals surface area contributed by atoms with Crippen LogP contribution in [-0.4, -0.2) is 11.9 Å².